The van der Waals surface area contributed by atoms with E-state index in [1.807, 2.05) is 0 Å². The first kappa shape index (κ1) is 6.99. The maximum Gasteiger partial charge on any atom is 0.105 e. The fraction of sp³-hybridized carbons (Fsp3) is 0.818. The lowest BCUT2D eigenvalue weighted by Gasteiger charge is -2.27. The summed E-state index contributed by atoms with van der Waals surface area (Å²) in [5.74, 6) is 5.15. The Kier molecular flexibility index (Phi) is 1.10. The standard InChI is InChI=1S/C11H16O/c1-5-8-4-9-10(5)7(3)12-11(9)6(8)2/h5-6,8-11H,3-4H2,1-2H3/t5-,6+,8?,9?,10?,11?/m0/s1. The molecule has 0 amide bonds. The molecule has 0 aromatic heterocycles. The van der Waals surface area contributed by atoms with Crippen LogP contribution in [0.4, 0.5) is 0 Å². The summed E-state index contributed by atoms with van der Waals surface area (Å²) in [5, 5.41) is 0. The average Bonchev–Trinajstić information content (AvgIpc) is 2.56. The molecule has 0 aromatic carbocycles. The summed E-state index contributed by atoms with van der Waals surface area (Å²) in [6.45, 7) is 8.76. The second kappa shape index (κ2) is 1.89. The molecule has 0 aromatic rings. The van der Waals surface area contributed by atoms with E-state index in [9.17, 15) is 0 Å². The van der Waals surface area contributed by atoms with Crippen LogP contribution in [0.1, 0.15) is 20.3 Å². The lowest BCUT2D eigenvalue weighted by Crippen LogP contribution is -2.29. The Morgan fingerprint density at radius 1 is 1.25 bits per heavy atom. The van der Waals surface area contributed by atoms with Gasteiger partial charge in [0.2, 0.25) is 0 Å². The number of hydrogen-bond acceptors (Lipinski definition) is 1. The second-order valence-corrected chi connectivity index (χ2v) is 4.86. The molecule has 0 spiro atoms. The van der Waals surface area contributed by atoms with Gasteiger partial charge in [-0.1, -0.05) is 20.4 Å². The average molecular weight is 164 g/mol. The maximum absolute atomic E-state index is 5.83. The van der Waals surface area contributed by atoms with Crippen LogP contribution in [0.2, 0.25) is 0 Å². The molecule has 6 atom stereocenters. The molecular weight excluding hydrogens is 148 g/mol. The minimum atomic E-state index is 0.531. The molecular formula is C11H16O. The fourth-order valence-corrected chi connectivity index (χ4v) is 3.98. The molecule has 1 heteroatoms. The van der Waals surface area contributed by atoms with Crippen molar-refractivity contribution in [3.05, 3.63) is 12.3 Å². The van der Waals surface area contributed by atoms with Crippen LogP contribution < -0.4 is 0 Å². The summed E-state index contributed by atoms with van der Waals surface area (Å²) in [4.78, 5) is 0. The van der Waals surface area contributed by atoms with E-state index in [1.165, 1.54) is 6.42 Å². The van der Waals surface area contributed by atoms with E-state index >= 15 is 0 Å². The molecule has 66 valence electrons. The molecule has 1 nitrogen and oxygen atoms in total. The van der Waals surface area contributed by atoms with Gasteiger partial charge in [-0.25, -0.2) is 0 Å². The van der Waals surface area contributed by atoms with E-state index in [2.05, 4.69) is 20.4 Å². The lowest BCUT2D eigenvalue weighted by atomic mass is 9.75. The largest absolute Gasteiger partial charge is 0.494 e. The third-order valence-corrected chi connectivity index (χ3v) is 4.52. The van der Waals surface area contributed by atoms with Crippen LogP contribution in [0.5, 0.6) is 0 Å². The molecule has 2 aliphatic carbocycles. The first-order valence-electron chi connectivity index (χ1n) is 5.05. The van der Waals surface area contributed by atoms with Gasteiger partial charge in [-0.05, 0) is 24.2 Å². The Hall–Kier alpha value is -0.460. The molecule has 0 N–H and O–H groups in total. The number of rotatable bonds is 0. The van der Waals surface area contributed by atoms with Gasteiger partial charge in [0.1, 0.15) is 6.10 Å². The van der Waals surface area contributed by atoms with Crippen molar-refractivity contribution in [2.24, 2.45) is 29.6 Å². The predicted molar refractivity (Wildman–Crippen MR) is 47.4 cm³/mol. The van der Waals surface area contributed by atoms with Gasteiger partial charge in [0.05, 0.1) is 5.76 Å². The third-order valence-electron chi connectivity index (χ3n) is 4.52. The Morgan fingerprint density at radius 3 is 2.67 bits per heavy atom. The van der Waals surface area contributed by atoms with Crippen LogP contribution >= 0.6 is 0 Å². The molecule has 1 aliphatic heterocycles. The molecule has 4 unspecified atom stereocenters. The van der Waals surface area contributed by atoms with Crippen LogP contribution in [-0.4, -0.2) is 6.10 Å². The Morgan fingerprint density at radius 2 is 2.00 bits per heavy atom. The molecule has 2 bridgehead atoms. The maximum atomic E-state index is 5.83. The predicted octanol–water partition coefficient (Wildman–Crippen LogP) is 2.44. The van der Waals surface area contributed by atoms with Crippen LogP contribution in [0.25, 0.3) is 0 Å². The molecule has 3 rings (SSSR count). The number of hydrogen-bond donors (Lipinski definition) is 0. The Balaban J connectivity index is 2.06. The zero-order valence-corrected chi connectivity index (χ0v) is 7.79. The second-order valence-electron chi connectivity index (χ2n) is 4.86. The van der Waals surface area contributed by atoms with E-state index < -0.39 is 0 Å². The highest BCUT2D eigenvalue weighted by molar-refractivity contribution is 5.17. The molecule has 2 saturated carbocycles. The number of allylic oxidation sites excluding steroid dienone is 1. The summed E-state index contributed by atoms with van der Waals surface area (Å²) >= 11 is 0. The smallest absolute Gasteiger partial charge is 0.105 e. The van der Waals surface area contributed by atoms with Crippen molar-refractivity contribution in [3.8, 4) is 0 Å². The van der Waals surface area contributed by atoms with Crippen molar-refractivity contribution in [1.82, 2.24) is 0 Å². The highest BCUT2D eigenvalue weighted by Gasteiger charge is 2.61. The quantitative estimate of drug-likeness (QED) is 0.534. The lowest BCUT2D eigenvalue weighted by molar-refractivity contribution is 0.0889. The highest BCUT2D eigenvalue weighted by Crippen LogP contribution is 2.62. The molecule has 3 aliphatic rings. The van der Waals surface area contributed by atoms with E-state index in [-0.39, 0.29) is 0 Å². The van der Waals surface area contributed by atoms with Crippen molar-refractivity contribution < 1.29 is 4.74 Å². The van der Waals surface area contributed by atoms with Crippen molar-refractivity contribution >= 4 is 0 Å². The van der Waals surface area contributed by atoms with E-state index in [0.717, 1.165) is 29.4 Å². The van der Waals surface area contributed by atoms with Gasteiger partial charge in [-0.2, -0.15) is 0 Å². The van der Waals surface area contributed by atoms with Crippen molar-refractivity contribution in [2.75, 3.05) is 0 Å². The summed E-state index contributed by atoms with van der Waals surface area (Å²) in [5.41, 5.74) is 0. The van der Waals surface area contributed by atoms with Crippen LogP contribution in [-0.2, 0) is 4.74 Å². The van der Waals surface area contributed by atoms with Gasteiger partial charge in [0.15, 0.2) is 0 Å². The summed E-state index contributed by atoms with van der Waals surface area (Å²) in [6, 6.07) is 0. The van der Waals surface area contributed by atoms with Gasteiger partial charge in [-0.15, -0.1) is 0 Å². The zero-order chi connectivity index (χ0) is 8.46. The van der Waals surface area contributed by atoms with Crippen molar-refractivity contribution in [3.63, 3.8) is 0 Å². The van der Waals surface area contributed by atoms with Crippen molar-refractivity contribution in [2.45, 2.75) is 26.4 Å². The zero-order valence-electron chi connectivity index (χ0n) is 7.79. The molecule has 0 radical (unpaired) electrons. The third kappa shape index (κ3) is 0.551. The van der Waals surface area contributed by atoms with Crippen molar-refractivity contribution in [1.29, 1.82) is 0 Å². The van der Waals surface area contributed by atoms with Gasteiger partial charge in [0, 0.05) is 11.8 Å². The molecule has 3 fully saturated rings. The highest BCUT2D eigenvalue weighted by atomic mass is 16.5. The minimum Gasteiger partial charge on any atom is -0.494 e. The number of ether oxygens (including phenoxy) is 1. The monoisotopic (exact) mass is 164 g/mol. The van der Waals surface area contributed by atoms with E-state index in [0.29, 0.717) is 12.0 Å². The van der Waals surface area contributed by atoms with Gasteiger partial charge in [-0.3, -0.25) is 0 Å². The summed E-state index contributed by atoms with van der Waals surface area (Å²) in [7, 11) is 0. The Labute approximate surface area is 73.8 Å². The molecule has 12 heavy (non-hydrogen) atoms. The van der Waals surface area contributed by atoms with E-state index in [1.54, 1.807) is 0 Å². The summed E-state index contributed by atoms with van der Waals surface area (Å²) in [6.07, 6.45) is 1.93. The Bertz CT molecular complexity index is 245. The van der Waals surface area contributed by atoms with Gasteiger partial charge in [0.25, 0.3) is 0 Å². The van der Waals surface area contributed by atoms with Gasteiger partial charge < -0.3 is 4.74 Å². The SMILES string of the molecule is C=C1OC2C3CC([C@H](C)C13)[C@H]2C. The minimum absolute atomic E-state index is 0.531. The van der Waals surface area contributed by atoms with Crippen LogP contribution in [0.3, 0.4) is 0 Å². The summed E-state index contributed by atoms with van der Waals surface area (Å²) < 4.78 is 5.83. The first-order valence-corrected chi connectivity index (χ1v) is 5.05. The van der Waals surface area contributed by atoms with Crippen LogP contribution in [0.15, 0.2) is 12.3 Å². The van der Waals surface area contributed by atoms with Crippen LogP contribution in [0, 0.1) is 29.6 Å². The van der Waals surface area contributed by atoms with Gasteiger partial charge >= 0.3 is 0 Å². The topological polar surface area (TPSA) is 9.23 Å². The van der Waals surface area contributed by atoms with E-state index in [4.69, 9.17) is 4.74 Å². The fourth-order valence-electron chi connectivity index (χ4n) is 3.98. The number of fused-ring (bicyclic) bond motifs is 1. The normalized spacial score (nSPS) is 61.0. The molecule has 1 saturated heterocycles. The first-order chi connectivity index (χ1) is 5.70. The molecule has 1 heterocycles.